The van der Waals surface area contributed by atoms with Gasteiger partial charge in [0.25, 0.3) is 0 Å². The second-order valence-electron chi connectivity index (χ2n) is 14.5. The van der Waals surface area contributed by atoms with E-state index in [-0.39, 0.29) is 28.7 Å². The maximum atomic E-state index is 10.3. The molecular weight excluding hydrogens is 681 g/mol. The fourth-order valence-electron chi connectivity index (χ4n) is 8.90. The summed E-state index contributed by atoms with van der Waals surface area (Å²) in [4.78, 5) is 0. The fraction of sp³-hybridized carbons (Fsp3) is 0. The van der Waals surface area contributed by atoms with Crippen LogP contribution in [0.25, 0.3) is 109 Å². The molecule has 0 bridgehead atoms. The Morgan fingerprint density at radius 1 is 0.200 bits per heavy atom. The molecule has 5 nitrogen and oxygen atoms in total. The number of phenolic OH excluding ortho intramolecular Hbond substituents is 5. The topological polar surface area (TPSA) is 101 Å². The third-order valence-electron chi connectivity index (χ3n) is 11.4. The molecule has 5 N–H and O–H groups in total. The van der Waals surface area contributed by atoms with E-state index in [4.69, 9.17) is 0 Å². The Labute approximate surface area is 314 Å². The monoisotopic (exact) mass is 710 g/mol. The van der Waals surface area contributed by atoms with Crippen LogP contribution >= 0.6 is 0 Å². The lowest BCUT2D eigenvalue weighted by Gasteiger charge is -2.17. The summed E-state index contributed by atoms with van der Waals surface area (Å²) in [6, 6.07) is 48.1. The van der Waals surface area contributed by atoms with Crippen LogP contribution in [0, 0.1) is 0 Å². The van der Waals surface area contributed by atoms with Crippen molar-refractivity contribution < 1.29 is 25.5 Å². The van der Waals surface area contributed by atoms with Crippen LogP contribution < -0.4 is 0 Å². The number of hydrogen-bond acceptors (Lipinski definition) is 5. The van der Waals surface area contributed by atoms with Gasteiger partial charge in [0.2, 0.25) is 0 Å². The van der Waals surface area contributed by atoms with Crippen LogP contribution in [0.1, 0.15) is 0 Å². The van der Waals surface area contributed by atoms with Crippen molar-refractivity contribution in [2.24, 2.45) is 0 Å². The van der Waals surface area contributed by atoms with E-state index in [0.29, 0.717) is 0 Å². The Morgan fingerprint density at radius 3 is 0.491 bits per heavy atom. The van der Waals surface area contributed by atoms with Gasteiger partial charge >= 0.3 is 0 Å². The Bertz CT molecular complexity index is 2700. The lowest BCUT2D eigenvalue weighted by molar-refractivity contribution is 0.475. The minimum atomic E-state index is 0.192. The molecule has 0 heterocycles. The van der Waals surface area contributed by atoms with E-state index < -0.39 is 0 Å². The van der Waals surface area contributed by atoms with Crippen molar-refractivity contribution in [1.29, 1.82) is 0 Å². The molecule has 11 aromatic carbocycles. The summed E-state index contributed by atoms with van der Waals surface area (Å²) in [7, 11) is 0. The molecule has 11 rings (SSSR count). The molecule has 0 amide bonds. The second kappa shape index (κ2) is 11.3. The average Bonchev–Trinajstić information content (AvgIpc) is 3.57. The highest BCUT2D eigenvalue weighted by molar-refractivity contribution is 6.49. The summed E-state index contributed by atoms with van der Waals surface area (Å²) in [6.07, 6.45) is 0. The van der Waals surface area contributed by atoms with E-state index in [1.54, 1.807) is 60.7 Å². The van der Waals surface area contributed by atoms with Crippen LogP contribution in [-0.4, -0.2) is 25.5 Å². The van der Waals surface area contributed by atoms with Crippen LogP contribution in [0.15, 0.2) is 152 Å². The Hall–Kier alpha value is -7.50. The maximum absolute atomic E-state index is 10.3. The van der Waals surface area contributed by atoms with Gasteiger partial charge in [-0.05, 0) is 200 Å². The smallest absolute Gasteiger partial charge is 0.115 e. The van der Waals surface area contributed by atoms with Gasteiger partial charge in [-0.2, -0.15) is 0 Å². The molecular formula is C50H30O5. The molecule has 5 heteroatoms. The first-order valence-electron chi connectivity index (χ1n) is 18.1. The van der Waals surface area contributed by atoms with E-state index in [2.05, 4.69) is 30.3 Å². The third-order valence-corrected chi connectivity index (χ3v) is 11.4. The molecule has 0 saturated heterocycles. The van der Waals surface area contributed by atoms with Crippen molar-refractivity contribution in [3.05, 3.63) is 152 Å². The number of rotatable bonds is 5. The third kappa shape index (κ3) is 4.53. The quantitative estimate of drug-likeness (QED) is 0.114. The van der Waals surface area contributed by atoms with E-state index in [1.165, 1.54) is 0 Å². The van der Waals surface area contributed by atoms with Gasteiger partial charge in [0.05, 0.1) is 0 Å². The molecule has 0 fully saturated rings. The van der Waals surface area contributed by atoms with Gasteiger partial charge in [-0.1, -0.05) is 60.7 Å². The van der Waals surface area contributed by atoms with Crippen LogP contribution in [0.3, 0.4) is 0 Å². The molecule has 0 atom stereocenters. The molecule has 11 aromatic rings. The SMILES string of the molecule is Oc1ccc(-c2cc3c(-c4ccc(O)cc4)cc4c(-c5ccc(O)cc5)cc5c(-c6ccc(O)cc6)cc6c(-c7ccc(O)cc7)cc2c2c6c5c4c32)cc1. The van der Waals surface area contributed by atoms with Gasteiger partial charge < -0.3 is 25.5 Å². The van der Waals surface area contributed by atoms with E-state index in [1.807, 2.05) is 60.7 Å². The molecule has 55 heavy (non-hydrogen) atoms. The summed E-state index contributed by atoms with van der Waals surface area (Å²) in [5.41, 5.74) is 9.91. The van der Waals surface area contributed by atoms with E-state index in [0.717, 1.165) is 109 Å². The molecule has 0 unspecified atom stereocenters. The standard InChI is InChI=1S/C50H30O5/c51-31-11-1-26(2-12-31)36-21-42-38(28-5-15-33(53)16-6-28)23-44-40(30-9-19-35(55)20-10-30)25-45-39(29-7-17-34(54)18-8-29)24-43-37(27-3-13-32(52)14-4-27)22-41(36)46-47(42)49(44)50(45)48(43)46/h1-25,51-55H. The second-order valence-corrected chi connectivity index (χ2v) is 14.5. The van der Waals surface area contributed by atoms with Crippen molar-refractivity contribution in [2.45, 2.75) is 0 Å². The summed E-state index contributed by atoms with van der Waals surface area (Å²) in [6.45, 7) is 0. The first kappa shape index (κ1) is 31.1. The Kier molecular flexibility index (Phi) is 6.35. The first-order valence-corrected chi connectivity index (χ1v) is 18.1. The number of hydrogen-bond donors (Lipinski definition) is 5. The van der Waals surface area contributed by atoms with Crippen molar-refractivity contribution in [3.8, 4) is 84.4 Å². The lowest BCUT2D eigenvalue weighted by atomic mass is 9.86. The van der Waals surface area contributed by atoms with Gasteiger partial charge in [0.15, 0.2) is 0 Å². The number of benzene rings is 10. The lowest BCUT2D eigenvalue weighted by Crippen LogP contribution is -1.90. The first-order chi connectivity index (χ1) is 26.8. The van der Waals surface area contributed by atoms with Crippen molar-refractivity contribution >= 4 is 53.9 Å². The van der Waals surface area contributed by atoms with Crippen molar-refractivity contribution in [1.82, 2.24) is 0 Å². The van der Waals surface area contributed by atoms with E-state index >= 15 is 0 Å². The van der Waals surface area contributed by atoms with Crippen LogP contribution in [-0.2, 0) is 0 Å². The number of aromatic hydroxyl groups is 5. The minimum absolute atomic E-state index is 0.192. The Morgan fingerprint density at radius 2 is 0.345 bits per heavy atom. The molecule has 0 aliphatic carbocycles. The van der Waals surface area contributed by atoms with Crippen LogP contribution in [0.4, 0.5) is 0 Å². The van der Waals surface area contributed by atoms with Gasteiger partial charge in [-0.25, -0.2) is 0 Å². The summed E-state index contributed by atoms with van der Waals surface area (Å²) in [5, 5.41) is 62.7. The van der Waals surface area contributed by atoms with Crippen LogP contribution in [0.5, 0.6) is 28.7 Å². The van der Waals surface area contributed by atoms with Crippen molar-refractivity contribution in [2.75, 3.05) is 0 Å². The highest BCUT2D eigenvalue weighted by atomic mass is 16.3. The molecule has 260 valence electrons. The maximum Gasteiger partial charge on any atom is 0.115 e. The summed E-state index contributed by atoms with van der Waals surface area (Å²) < 4.78 is 0. The molecule has 0 aliphatic heterocycles. The van der Waals surface area contributed by atoms with Gasteiger partial charge in [0.1, 0.15) is 28.7 Å². The zero-order valence-electron chi connectivity index (χ0n) is 29.2. The minimum Gasteiger partial charge on any atom is -0.508 e. The summed E-state index contributed by atoms with van der Waals surface area (Å²) in [5.74, 6) is 0.961. The largest absolute Gasteiger partial charge is 0.508 e. The molecule has 0 aliphatic rings. The normalized spacial score (nSPS) is 12.0. The predicted octanol–water partition coefficient (Wildman–Crippen LogP) is 12.6. The highest BCUT2D eigenvalue weighted by Crippen LogP contribution is 2.57. The Balaban J connectivity index is 1.42. The van der Waals surface area contributed by atoms with E-state index in [9.17, 15) is 25.5 Å². The van der Waals surface area contributed by atoms with Gasteiger partial charge in [0, 0.05) is 0 Å². The highest BCUT2D eigenvalue weighted by Gasteiger charge is 2.29. The van der Waals surface area contributed by atoms with Crippen molar-refractivity contribution in [3.63, 3.8) is 0 Å². The van der Waals surface area contributed by atoms with Gasteiger partial charge in [-0.15, -0.1) is 0 Å². The molecule has 0 spiro atoms. The van der Waals surface area contributed by atoms with Crippen LogP contribution in [0.2, 0.25) is 0 Å². The zero-order valence-corrected chi connectivity index (χ0v) is 29.2. The average molecular weight is 711 g/mol. The molecule has 0 saturated carbocycles. The molecule has 0 radical (unpaired) electrons. The summed E-state index contributed by atoms with van der Waals surface area (Å²) >= 11 is 0. The number of phenols is 5. The van der Waals surface area contributed by atoms with Gasteiger partial charge in [-0.3, -0.25) is 0 Å². The fourth-order valence-corrected chi connectivity index (χ4v) is 8.90. The predicted molar refractivity (Wildman–Crippen MR) is 223 cm³/mol. The molecule has 0 aromatic heterocycles. The zero-order chi connectivity index (χ0) is 37.1.